The minimum atomic E-state index is -0.629. The van der Waals surface area contributed by atoms with Crippen LogP contribution in [0.4, 0.5) is 0 Å². The van der Waals surface area contributed by atoms with Crippen molar-refractivity contribution in [2.24, 2.45) is 10.9 Å². The number of hydrogen-bond donors (Lipinski definition) is 0. The molecule has 0 aromatic heterocycles. The Bertz CT molecular complexity index is 740. The van der Waals surface area contributed by atoms with E-state index in [0.29, 0.717) is 17.0 Å². The zero-order valence-corrected chi connectivity index (χ0v) is 14.3. The normalized spacial score (nSPS) is 23.5. The standard InChI is InChI=1S/C19H21NO4/c1-11-14(18(22)24-19(2,3)4)15(12-8-6-5-7-9-12)16-13(20-11)10-23-17(16)21/h5-9,14-15H,10H2,1-4H3. The Morgan fingerprint density at radius 1 is 1.25 bits per heavy atom. The van der Waals surface area contributed by atoms with Gasteiger partial charge in [-0.3, -0.25) is 9.79 Å². The van der Waals surface area contributed by atoms with E-state index in [4.69, 9.17) is 9.47 Å². The maximum absolute atomic E-state index is 12.8. The van der Waals surface area contributed by atoms with Crippen LogP contribution in [0.5, 0.6) is 0 Å². The maximum atomic E-state index is 12.8. The molecule has 3 rings (SSSR count). The van der Waals surface area contributed by atoms with E-state index >= 15 is 0 Å². The molecule has 0 radical (unpaired) electrons. The van der Waals surface area contributed by atoms with E-state index in [9.17, 15) is 9.59 Å². The number of nitrogens with zero attached hydrogens (tertiary/aromatic N) is 1. The summed E-state index contributed by atoms with van der Waals surface area (Å²) in [4.78, 5) is 29.5. The fourth-order valence-corrected chi connectivity index (χ4v) is 3.19. The molecule has 126 valence electrons. The Kier molecular flexibility index (Phi) is 4.03. The Hall–Kier alpha value is -2.43. The molecule has 2 aliphatic heterocycles. The van der Waals surface area contributed by atoms with Gasteiger partial charge in [-0.15, -0.1) is 0 Å². The molecule has 0 bridgehead atoms. The number of esters is 2. The van der Waals surface area contributed by atoms with E-state index < -0.39 is 23.4 Å². The summed E-state index contributed by atoms with van der Waals surface area (Å²) < 4.78 is 10.7. The molecule has 1 aromatic carbocycles. The highest BCUT2D eigenvalue weighted by Crippen LogP contribution is 2.42. The monoisotopic (exact) mass is 327 g/mol. The lowest BCUT2D eigenvalue weighted by Crippen LogP contribution is -2.38. The van der Waals surface area contributed by atoms with Gasteiger partial charge in [-0.2, -0.15) is 0 Å². The minimum absolute atomic E-state index is 0.163. The number of benzene rings is 1. The van der Waals surface area contributed by atoms with Gasteiger partial charge in [-0.1, -0.05) is 30.3 Å². The highest BCUT2D eigenvalue weighted by atomic mass is 16.6. The molecule has 0 fully saturated rings. The van der Waals surface area contributed by atoms with Crippen LogP contribution in [0.15, 0.2) is 46.6 Å². The molecule has 2 unspecified atom stereocenters. The smallest absolute Gasteiger partial charge is 0.337 e. The average Bonchev–Trinajstić information content (AvgIpc) is 2.86. The van der Waals surface area contributed by atoms with Crippen LogP contribution < -0.4 is 0 Å². The number of carbonyl (C=O) groups is 2. The van der Waals surface area contributed by atoms with Crippen LogP contribution in [-0.4, -0.2) is 29.9 Å². The molecule has 0 saturated heterocycles. The number of rotatable bonds is 2. The first kappa shape index (κ1) is 16.4. The number of ether oxygens (including phenoxy) is 2. The molecule has 24 heavy (non-hydrogen) atoms. The molecule has 0 spiro atoms. The van der Waals surface area contributed by atoms with Crippen LogP contribution in [0.3, 0.4) is 0 Å². The van der Waals surface area contributed by atoms with Gasteiger partial charge in [-0.25, -0.2) is 4.79 Å². The molecule has 0 amide bonds. The predicted molar refractivity (Wildman–Crippen MR) is 89.6 cm³/mol. The highest BCUT2D eigenvalue weighted by Gasteiger charge is 2.46. The first-order valence-corrected chi connectivity index (χ1v) is 8.01. The average molecular weight is 327 g/mol. The molecular weight excluding hydrogens is 306 g/mol. The highest BCUT2D eigenvalue weighted by molar-refractivity contribution is 6.07. The lowest BCUT2D eigenvalue weighted by Gasteiger charge is -2.31. The summed E-state index contributed by atoms with van der Waals surface area (Å²) >= 11 is 0. The predicted octanol–water partition coefficient (Wildman–Crippen LogP) is 3.01. The Morgan fingerprint density at radius 2 is 1.92 bits per heavy atom. The van der Waals surface area contributed by atoms with Gasteiger partial charge < -0.3 is 9.47 Å². The lowest BCUT2D eigenvalue weighted by atomic mass is 9.76. The van der Waals surface area contributed by atoms with Crippen LogP contribution in [0.25, 0.3) is 0 Å². The SMILES string of the molecule is CC1=NC2=C(C(=O)OC2)C(c2ccccc2)C1C(=O)OC(C)(C)C. The third-order valence-corrected chi connectivity index (χ3v) is 4.10. The summed E-state index contributed by atoms with van der Waals surface area (Å²) in [6.07, 6.45) is 0. The summed E-state index contributed by atoms with van der Waals surface area (Å²) in [7, 11) is 0. The molecule has 1 aromatic rings. The van der Waals surface area contributed by atoms with Crippen molar-refractivity contribution in [3.63, 3.8) is 0 Å². The van der Waals surface area contributed by atoms with E-state index in [1.165, 1.54) is 0 Å². The third kappa shape index (κ3) is 2.98. The molecular formula is C19H21NO4. The van der Waals surface area contributed by atoms with Gasteiger partial charge in [0.2, 0.25) is 0 Å². The molecule has 5 nitrogen and oxygen atoms in total. The Labute approximate surface area is 141 Å². The van der Waals surface area contributed by atoms with Gasteiger partial charge >= 0.3 is 11.9 Å². The number of aliphatic imine (C=N–C) groups is 1. The lowest BCUT2D eigenvalue weighted by molar-refractivity contribution is -0.157. The van der Waals surface area contributed by atoms with Crippen molar-refractivity contribution in [2.75, 3.05) is 6.61 Å². The quantitative estimate of drug-likeness (QED) is 0.783. The summed E-state index contributed by atoms with van der Waals surface area (Å²) in [5.41, 5.74) is 2.02. The molecule has 0 aliphatic carbocycles. The minimum Gasteiger partial charge on any atom is -0.459 e. The fourth-order valence-electron chi connectivity index (χ4n) is 3.19. The first-order valence-electron chi connectivity index (χ1n) is 8.01. The van der Waals surface area contributed by atoms with Crippen molar-refractivity contribution in [3.05, 3.63) is 47.2 Å². The van der Waals surface area contributed by atoms with Gasteiger partial charge in [-0.05, 0) is 33.3 Å². The summed E-state index contributed by atoms with van der Waals surface area (Å²) in [5.74, 6) is -1.83. The molecule has 0 saturated carbocycles. The second kappa shape index (κ2) is 5.89. The van der Waals surface area contributed by atoms with Gasteiger partial charge in [0.05, 0.1) is 11.3 Å². The van der Waals surface area contributed by atoms with Crippen molar-refractivity contribution in [1.82, 2.24) is 0 Å². The Morgan fingerprint density at radius 3 is 2.54 bits per heavy atom. The van der Waals surface area contributed by atoms with Crippen molar-refractivity contribution < 1.29 is 19.1 Å². The molecule has 2 atom stereocenters. The van der Waals surface area contributed by atoms with E-state index in [0.717, 1.165) is 5.56 Å². The van der Waals surface area contributed by atoms with Gasteiger partial charge in [0.25, 0.3) is 0 Å². The third-order valence-electron chi connectivity index (χ3n) is 4.10. The summed E-state index contributed by atoms with van der Waals surface area (Å²) in [5, 5.41) is 0. The molecule has 0 N–H and O–H groups in total. The van der Waals surface area contributed by atoms with Crippen LogP contribution in [0.1, 0.15) is 39.2 Å². The van der Waals surface area contributed by atoms with Gasteiger partial charge in [0.1, 0.15) is 18.1 Å². The van der Waals surface area contributed by atoms with Crippen molar-refractivity contribution in [2.45, 2.75) is 39.2 Å². The molecule has 5 heteroatoms. The van der Waals surface area contributed by atoms with Crippen molar-refractivity contribution >= 4 is 17.7 Å². The van der Waals surface area contributed by atoms with Crippen LogP contribution in [0.2, 0.25) is 0 Å². The van der Waals surface area contributed by atoms with E-state index in [1.807, 2.05) is 51.1 Å². The van der Waals surface area contributed by atoms with Crippen molar-refractivity contribution in [1.29, 1.82) is 0 Å². The van der Waals surface area contributed by atoms with Crippen LogP contribution in [0, 0.1) is 5.92 Å². The van der Waals surface area contributed by atoms with Crippen LogP contribution in [-0.2, 0) is 19.1 Å². The fraction of sp³-hybridized carbons (Fsp3) is 0.421. The second-order valence-electron chi connectivity index (χ2n) is 7.09. The summed E-state index contributed by atoms with van der Waals surface area (Å²) in [6.45, 7) is 7.44. The molecule has 2 aliphatic rings. The first-order chi connectivity index (χ1) is 11.3. The topological polar surface area (TPSA) is 65.0 Å². The maximum Gasteiger partial charge on any atom is 0.337 e. The number of cyclic esters (lactones) is 1. The van der Waals surface area contributed by atoms with Crippen molar-refractivity contribution in [3.8, 4) is 0 Å². The van der Waals surface area contributed by atoms with Gasteiger partial charge in [0.15, 0.2) is 0 Å². The van der Waals surface area contributed by atoms with E-state index in [1.54, 1.807) is 6.92 Å². The van der Waals surface area contributed by atoms with E-state index in [2.05, 4.69) is 4.99 Å². The second-order valence-corrected chi connectivity index (χ2v) is 7.09. The molecule has 2 heterocycles. The zero-order valence-electron chi connectivity index (χ0n) is 14.3. The zero-order chi connectivity index (χ0) is 17.5. The van der Waals surface area contributed by atoms with Crippen LogP contribution >= 0.6 is 0 Å². The number of carbonyl (C=O) groups excluding carboxylic acids is 2. The van der Waals surface area contributed by atoms with Gasteiger partial charge in [0, 0.05) is 11.6 Å². The Balaban J connectivity index is 2.08. The largest absolute Gasteiger partial charge is 0.459 e. The van der Waals surface area contributed by atoms with E-state index in [-0.39, 0.29) is 12.6 Å². The summed E-state index contributed by atoms with van der Waals surface area (Å²) in [6, 6.07) is 9.51. The number of hydrogen-bond acceptors (Lipinski definition) is 5.